The average Bonchev–Trinajstić information content (AvgIpc) is 2.73. The van der Waals surface area contributed by atoms with Crippen LogP contribution in [0.5, 0.6) is 5.75 Å². The van der Waals surface area contributed by atoms with E-state index in [9.17, 15) is 4.79 Å². The fraction of sp³-hybridized carbons (Fsp3) is 0.562. The van der Waals surface area contributed by atoms with Crippen LogP contribution < -0.4 is 10.1 Å². The molecule has 1 aliphatic rings. The molecule has 4 nitrogen and oxygen atoms in total. The van der Waals surface area contributed by atoms with Crippen LogP contribution in [0.1, 0.15) is 45.3 Å². The Morgan fingerprint density at radius 1 is 1.40 bits per heavy atom. The van der Waals surface area contributed by atoms with Gasteiger partial charge < -0.3 is 9.64 Å². The SMILES string of the molecule is CCCN1C(=O)C(C)(CC)NC1c1cccc(OC)c1. The molecule has 1 saturated heterocycles. The Bertz CT molecular complexity index is 489. The zero-order valence-corrected chi connectivity index (χ0v) is 12.8. The quantitative estimate of drug-likeness (QED) is 0.899. The van der Waals surface area contributed by atoms with E-state index in [1.165, 1.54) is 0 Å². The maximum atomic E-state index is 12.6. The Labute approximate surface area is 121 Å². The Balaban J connectivity index is 2.35. The van der Waals surface area contributed by atoms with Crippen LogP contribution in [0.2, 0.25) is 0 Å². The van der Waals surface area contributed by atoms with Gasteiger partial charge in [0, 0.05) is 6.54 Å². The van der Waals surface area contributed by atoms with Gasteiger partial charge in [-0.3, -0.25) is 10.1 Å². The minimum Gasteiger partial charge on any atom is -0.497 e. The topological polar surface area (TPSA) is 41.6 Å². The zero-order chi connectivity index (χ0) is 14.8. The molecule has 4 heteroatoms. The molecule has 0 saturated carbocycles. The number of hydrogen-bond acceptors (Lipinski definition) is 3. The molecule has 1 N–H and O–H groups in total. The minimum atomic E-state index is -0.469. The van der Waals surface area contributed by atoms with Gasteiger partial charge in [0.15, 0.2) is 0 Å². The van der Waals surface area contributed by atoms with Crippen LogP contribution in [0.4, 0.5) is 0 Å². The molecule has 1 fully saturated rings. The summed E-state index contributed by atoms with van der Waals surface area (Å²) in [6.07, 6.45) is 1.67. The second-order valence-corrected chi connectivity index (χ2v) is 5.51. The molecule has 1 aliphatic heterocycles. The smallest absolute Gasteiger partial charge is 0.244 e. The van der Waals surface area contributed by atoms with Gasteiger partial charge in [-0.2, -0.15) is 0 Å². The van der Waals surface area contributed by atoms with E-state index < -0.39 is 5.54 Å². The minimum absolute atomic E-state index is 0.0671. The van der Waals surface area contributed by atoms with Gasteiger partial charge in [0.1, 0.15) is 11.9 Å². The van der Waals surface area contributed by atoms with E-state index in [4.69, 9.17) is 4.74 Å². The number of rotatable bonds is 5. The predicted octanol–water partition coefficient (Wildman–Crippen LogP) is 2.70. The van der Waals surface area contributed by atoms with E-state index in [0.29, 0.717) is 0 Å². The number of carbonyl (C=O) groups is 1. The number of nitrogens with zero attached hydrogens (tertiary/aromatic N) is 1. The van der Waals surface area contributed by atoms with Gasteiger partial charge in [0.2, 0.25) is 5.91 Å². The van der Waals surface area contributed by atoms with Gasteiger partial charge in [-0.1, -0.05) is 26.0 Å². The molecule has 2 rings (SSSR count). The molecule has 1 heterocycles. The predicted molar refractivity (Wildman–Crippen MR) is 79.6 cm³/mol. The van der Waals surface area contributed by atoms with Crippen molar-refractivity contribution in [3.8, 4) is 5.75 Å². The van der Waals surface area contributed by atoms with Crippen molar-refractivity contribution in [3.05, 3.63) is 29.8 Å². The number of amides is 1. The summed E-state index contributed by atoms with van der Waals surface area (Å²) < 4.78 is 5.28. The first-order valence-corrected chi connectivity index (χ1v) is 7.28. The second kappa shape index (κ2) is 5.83. The summed E-state index contributed by atoms with van der Waals surface area (Å²) >= 11 is 0. The van der Waals surface area contributed by atoms with Crippen LogP contribution in [-0.4, -0.2) is 30.0 Å². The van der Waals surface area contributed by atoms with Crippen LogP contribution in [0.3, 0.4) is 0 Å². The highest BCUT2D eigenvalue weighted by Crippen LogP contribution is 2.33. The number of carbonyl (C=O) groups excluding carboxylic acids is 1. The highest BCUT2D eigenvalue weighted by molar-refractivity contribution is 5.88. The van der Waals surface area contributed by atoms with Gasteiger partial charge >= 0.3 is 0 Å². The Morgan fingerprint density at radius 3 is 2.75 bits per heavy atom. The Hall–Kier alpha value is -1.55. The lowest BCUT2D eigenvalue weighted by Crippen LogP contribution is -2.43. The van der Waals surface area contributed by atoms with Crippen molar-refractivity contribution in [1.29, 1.82) is 0 Å². The number of methoxy groups -OCH3 is 1. The first-order valence-electron chi connectivity index (χ1n) is 7.28. The average molecular weight is 276 g/mol. The van der Waals surface area contributed by atoms with E-state index in [1.54, 1.807) is 7.11 Å². The van der Waals surface area contributed by atoms with Crippen molar-refractivity contribution in [2.75, 3.05) is 13.7 Å². The molecule has 2 atom stereocenters. The number of hydrogen-bond donors (Lipinski definition) is 1. The third-order valence-corrected chi connectivity index (χ3v) is 4.08. The van der Waals surface area contributed by atoms with E-state index >= 15 is 0 Å². The second-order valence-electron chi connectivity index (χ2n) is 5.51. The van der Waals surface area contributed by atoms with Crippen molar-refractivity contribution in [1.82, 2.24) is 10.2 Å². The van der Waals surface area contributed by atoms with Crippen molar-refractivity contribution >= 4 is 5.91 Å². The number of benzene rings is 1. The molecular formula is C16H24N2O2. The van der Waals surface area contributed by atoms with Crippen LogP contribution >= 0.6 is 0 Å². The van der Waals surface area contributed by atoms with E-state index in [1.807, 2.05) is 43.0 Å². The molecule has 0 spiro atoms. The molecule has 0 bridgehead atoms. The Kier molecular flexibility index (Phi) is 4.33. The molecule has 1 aromatic carbocycles. The molecule has 0 aromatic heterocycles. The van der Waals surface area contributed by atoms with Crippen LogP contribution in [0.25, 0.3) is 0 Å². The third kappa shape index (κ3) is 2.52. The zero-order valence-electron chi connectivity index (χ0n) is 12.8. The summed E-state index contributed by atoms with van der Waals surface area (Å²) in [5.41, 5.74) is 0.603. The number of ether oxygens (including phenoxy) is 1. The lowest BCUT2D eigenvalue weighted by molar-refractivity contribution is -0.133. The normalized spacial score (nSPS) is 26.1. The number of nitrogens with one attached hydrogen (secondary N) is 1. The fourth-order valence-electron chi connectivity index (χ4n) is 2.68. The molecule has 1 aromatic rings. The van der Waals surface area contributed by atoms with Gasteiger partial charge in [-0.15, -0.1) is 0 Å². The van der Waals surface area contributed by atoms with Crippen molar-refractivity contribution in [2.45, 2.75) is 45.3 Å². The summed E-state index contributed by atoms with van der Waals surface area (Å²) in [6, 6.07) is 7.92. The highest BCUT2D eigenvalue weighted by Gasteiger charge is 2.46. The van der Waals surface area contributed by atoms with Gasteiger partial charge in [0.05, 0.1) is 12.6 Å². The van der Waals surface area contributed by atoms with Gasteiger partial charge in [-0.05, 0) is 37.5 Å². The first kappa shape index (κ1) is 14.9. The van der Waals surface area contributed by atoms with Crippen molar-refractivity contribution < 1.29 is 9.53 Å². The van der Waals surface area contributed by atoms with E-state index in [2.05, 4.69) is 12.2 Å². The van der Waals surface area contributed by atoms with Crippen LogP contribution in [0.15, 0.2) is 24.3 Å². The van der Waals surface area contributed by atoms with Crippen molar-refractivity contribution in [3.63, 3.8) is 0 Å². The van der Waals surface area contributed by atoms with Gasteiger partial charge in [0.25, 0.3) is 0 Å². The monoisotopic (exact) mass is 276 g/mol. The summed E-state index contributed by atoms with van der Waals surface area (Å²) in [5, 5.41) is 3.49. The summed E-state index contributed by atoms with van der Waals surface area (Å²) in [6.45, 7) is 6.89. The maximum Gasteiger partial charge on any atom is 0.244 e. The van der Waals surface area contributed by atoms with E-state index in [-0.39, 0.29) is 12.1 Å². The standard InChI is InChI=1S/C16H24N2O2/c1-5-10-18-14(17-16(3,6-2)15(18)19)12-8-7-9-13(11-12)20-4/h7-9,11,14,17H,5-6,10H2,1-4H3. The van der Waals surface area contributed by atoms with E-state index in [0.717, 1.165) is 30.7 Å². The lowest BCUT2D eigenvalue weighted by atomic mass is 9.99. The highest BCUT2D eigenvalue weighted by atomic mass is 16.5. The summed E-state index contributed by atoms with van der Waals surface area (Å²) in [4.78, 5) is 14.6. The molecule has 110 valence electrons. The largest absolute Gasteiger partial charge is 0.497 e. The molecule has 20 heavy (non-hydrogen) atoms. The van der Waals surface area contributed by atoms with Crippen LogP contribution in [-0.2, 0) is 4.79 Å². The third-order valence-electron chi connectivity index (χ3n) is 4.08. The molecular weight excluding hydrogens is 252 g/mol. The Morgan fingerprint density at radius 2 is 2.15 bits per heavy atom. The van der Waals surface area contributed by atoms with Gasteiger partial charge in [-0.25, -0.2) is 0 Å². The van der Waals surface area contributed by atoms with Crippen molar-refractivity contribution in [2.24, 2.45) is 0 Å². The fourth-order valence-corrected chi connectivity index (χ4v) is 2.68. The summed E-state index contributed by atoms with van der Waals surface area (Å²) in [5.74, 6) is 1.01. The molecule has 0 radical (unpaired) electrons. The molecule has 0 aliphatic carbocycles. The lowest BCUT2D eigenvalue weighted by Gasteiger charge is -2.24. The first-order chi connectivity index (χ1) is 9.55. The van der Waals surface area contributed by atoms with Crippen LogP contribution in [0, 0.1) is 0 Å². The summed E-state index contributed by atoms with van der Waals surface area (Å²) in [7, 11) is 1.66. The molecule has 1 amide bonds. The molecule has 2 unspecified atom stereocenters. The maximum absolute atomic E-state index is 12.6.